The maximum Gasteiger partial charge on any atom is 0.230 e. The Morgan fingerprint density at radius 2 is 2.04 bits per heavy atom. The number of hydrogen-bond donors (Lipinski definition) is 2. The quantitative estimate of drug-likeness (QED) is 0.384. The number of nitrogens with one attached hydrogen (secondary N) is 2. The topological polar surface area (TPSA) is 82.8 Å². The van der Waals surface area contributed by atoms with E-state index in [1.807, 2.05) is 27.1 Å². The van der Waals surface area contributed by atoms with E-state index in [0.29, 0.717) is 19.0 Å². The predicted octanol–water partition coefficient (Wildman–Crippen LogP) is 2.17. The molecule has 8 heteroatoms. The Hall–Kier alpha value is -1.32. The van der Waals surface area contributed by atoms with E-state index in [-0.39, 0.29) is 35.3 Å². The molecule has 1 heterocycles. The lowest BCUT2D eigenvalue weighted by Gasteiger charge is -2.31. The van der Waals surface area contributed by atoms with Crippen LogP contribution in [-0.2, 0) is 17.8 Å². The SMILES string of the molecule is CCc1cc(CNC(=NC)NCC2(C(=O)N(C)C)CCCC2)on1.I. The van der Waals surface area contributed by atoms with Crippen molar-refractivity contribution in [3.63, 3.8) is 0 Å². The molecule has 0 bridgehead atoms. The van der Waals surface area contributed by atoms with Crippen molar-refractivity contribution in [2.75, 3.05) is 27.7 Å². The van der Waals surface area contributed by atoms with E-state index in [9.17, 15) is 4.79 Å². The Kier molecular flexibility index (Phi) is 8.67. The molecule has 0 aromatic carbocycles. The molecule has 1 fully saturated rings. The van der Waals surface area contributed by atoms with Crippen LogP contribution in [0.4, 0.5) is 0 Å². The molecule has 7 nitrogen and oxygen atoms in total. The van der Waals surface area contributed by atoms with Crippen LogP contribution in [0.2, 0.25) is 0 Å². The van der Waals surface area contributed by atoms with Crippen LogP contribution in [0.25, 0.3) is 0 Å². The smallest absolute Gasteiger partial charge is 0.230 e. The van der Waals surface area contributed by atoms with Crippen LogP contribution < -0.4 is 10.6 Å². The molecule has 0 spiro atoms. The standard InChI is InChI=1S/C17H29N5O2.HI/c1-5-13-10-14(24-21-13)11-19-16(18-2)20-12-17(8-6-7-9-17)15(23)22(3)4;/h10H,5-9,11-12H2,1-4H3,(H2,18,19,20);1H. The maximum absolute atomic E-state index is 12.6. The summed E-state index contributed by atoms with van der Waals surface area (Å²) in [6, 6.07) is 1.94. The van der Waals surface area contributed by atoms with Gasteiger partial charge in [-0.05, 0) is 19.3 Å². The molecular weight excluding hydrogens is 433 g/mol. The van der Waals surface area contributed by atoms with Crippen LogP contribution in [0.3, 0.4) is 0 Å². The second-order valence-electron chi connectivity index (χ2n) is 6.60. The number of guanidine groups is 1. The number of aryl methyl sites for hydroxylation is 1. The molecule has 1 aromatic rings. The van der Waals surface area contributed by atoms with E-state index in [1.165, 1.54) is 0 Å². The monoisotopic (exact) mass is 463 g/mol. The van der Waals surface area contributed by atoms with Crippen LogP contribution in [0.5, 0.6) is 0 Å². The molecule has 1 saturated carbocycles. The Labute approximate surface area is 167 Å². The van der Waals surface area contributed by atoms with E-state index in [4.69, 9.17) is 4.52 Å². The summed E-state index contributed by atoms with van der Waals surface area (Å²) in [4.78, 5) is 18.5. The molecule has 1 amide bonds. The zero-order valence-electron chi connectivity index (χ0n) is 15.6. The molecule has 0 unspecified atom stereocenters. The second kappa shape index (κ2) is 9.98. The lowest BCUT2D eigenvalue weighted by atomic mass is 9.84. The van der Waals surface area contributed by atoms with Crippen LogP contribution >= 0.6 is 24.0 Å². The average molecular weight is 463 g/mol. The van der Waals surface area contributed by atoms with Gasteiger partial charge in [0.2, 0.25) is 5.91 Å². The fraction of sp³-hybridized carbons (Fsp3) is 0.706. The number of aromatic nitrogens is 1. The van der Waals surface area contributed by atoms with Gasteiger partial charge in [0.25, 0.3) is 0 Å². The minimum Gasteiger partial charge on any atom is -0.359 e. The van der Waals surface area contributed by atoms with Crippen LogP contribution in [0, 0.1) is 5.41 Å². The number of aliphatic imine (C=N–C) groups is 1. The number of nitrogens with zero attached hydrogens (tertiary/aromatic N) is 3. The van der Waals surface area contributed by atoms with Crippen molar-refractivity contribution in [1.82, 2.24) is 20.7 Å². The van der Waals surface area contributed by atoms with Gasteiger partial charge in [0, 0.05) is 33.8 Å². The van der Waals surface area contributed by atoms with Crippen molar-refractivity contribution in [3.8, 4) is 0 Å². The summed E-state index contributed by atoms with van der Waals surface area (Å²) >= 11 is 0. The highest BCUT2D eigenvalue weighted by Crippen LogP contribution is 2.38. The zero-order valence-corrected chi connectivity index (χ0v) is 17.9. The van der Waals surface area contributed by atoms with Gasteiger partial charge in [-0.2, -0.15) is 0 Å². The molecule has 1 aliphatic rings. The fourth-order valence-electron chi connectivity index (χ4n) is 3.24. The Balaban J connectivity index is 0.00000312. The zero-order chi connectivity index (χ0) is 17.6. The third-order valence-electron chi connectivity index (χ3n) is 4.64. The minimum atomic E-state index is -0.317. The van der Waals surface area contributed by atoms with Gasteiger partial charge in [0.05, 0.1) is 17.7 Å². The van der Waals surface area contributed by atoms with E-state index < -0.39 is 0 Å². The first-order valence-electron chi connectivity index (χ1n) is 8.61. The van der Waals surface area contributed by atoms with Crippen molar-refractivity contribution in [1.29, 1.82) is 0 Å². The molecule has 2 N–H and O–H groups in total. The highest BCUT2D eigenvalue weighted by atomic mass is 127. The minimum absolute atomic E-state index is 0. The van der Waals surface area contributed by atoms with E-state index >= 15 is 0 Å². The maximum atomic E-state index is 12.6. The van der Waals surface area contributed by atoms with E-state index in [1.54, 1.807) is 11.9 Å². The van der Waals surface area contributed by atoms with Crippen molar-refractivity contribution in [2.45, 2.75) is 45.6 Å². The van der Waals surface area contributed by atoms with Crippen LogP contribution in [0.15, 0.2) is 15.6 Å². The molecule has 1 aromatic heterocycles. The molecule has 25 heavy (non-hydrogen) atoms. The second-order valence-corrected chi connectivity index (χ2v) is 6.60. The van der Waals surface area contributed by atoms with E-state index in [0.717, 1.165) is 43.6 Å². The first-order valence-corrected chi connectivity index (χ1v) is 8.61. The molecule has 0 saturated heterocycles. The summed E-state index contributed by atoms with van der Waals surface area (Å²) in [5, 5.41) is 10.5. The summed E-state index contributed by atoms with van der Waals surface area (Å²) in [5.41, 5.74) is 0.624. The van der Waals surface area contributed by atoms with Gasteiger partial charge in [-0.1, -0.05) is 24.9 Å². The lowest BCUT2D eigenvalue weighted by molar-refractivity contribution is -0.138. The molecule has 0 atom stereocenters. The molecule has 0 radical (unpaired) electrons. The average Bonchev–Trinajstić information content (AvgIpc) is 3.24. The van der Waals surface area contributed by atoms with Crippen molar-refractivity contribution in [2.24, 2.45) is 10.4 Å². The first kappa shape index (κ1) is 21.7. The lowest BCUT2D eigenvalue weighted by Crippen LogP contribution is -2.49. The van der Waals surface area contributed by atoms with E-state index in [2.05, 4.69) is 20.8 Å². The summed E-state index contributed by atoms with van der Waals surface area (Å²) < 4.78 is 5.26. The van der Waals surface area contributed by atoms with Gasteiger partial charge in [-0.3, -0.25) is 9.79 Å². The third-order valence-corrected chi connectivity index (χ3v) is 4.64. The normalized spacial score (nSPS) is 16.2. The van der Waals surface area contributed by atoms with Crippen LogP contribution in [-0.4, -0.2) is 49.6 Å². The summed E-state index contributed by atoms with van der Waals surface area (Å²) in [7, 11) is 5.37. The summed E-state index contributed by atoms with van der Waals surface area (Å²) in [6.07, 6.45) is 4.91. The molecule has 2 rings (SSSR count). The van der Waals surface area contributed by atoms with Gasteiger partial charge >= 0.3 is 0 Å². The van der Waals surface area contributed by atoms with Crippen molar-refractivity contribution in [3.05, 3.63) is 17.5 Å². The summed E-state index contributed by atoms with van der Waals surface area (Å²) in [6.45, 7) is 3.15. The Morgan fingerprint density at radius 1 is 1.36 bits per heavy atom. The third kappa shape index (κ3) is 5.58. The number of amides is 1. The molecule has 142 valence electrons. The fourth-order valence-corrected chi connectivity index (χ4v) is 3.24. The molecule has 1 aliphatic carbocycles. The summed E-state index contributed by atoms with van der Waals surface area (Å²) in [5.74, 6) is 1.64. The van der Waals surface area contributed by atoms with Gasteiger partial charge < -0.3 is 20.1 Å². The van der Waals surface area contributed by atoms with Gasteiger partial charge in [0.15, 0.2) is 11.7 Å². The molecular formula is C17H30IN5O2. The van der Waals surface area contributed by atoms with Crippen molar-refractivity contribution >= 4 is 35.8 Å². The number of halogens is 1. The largest absolute Gasteiger partial charge is 0.359 e. The Bertz CT molecular complexity index is 579. The predicted molar refractivity (Wildman–Crippen MR) is 109 cm³/mol. The first-order chi connectivity index (χ1) is 11.5. The van der Waals surface area contributed by atoms with Crippen molar-refractivity contribution < 1.29 is 9.32 Å². The van der Waals surface area contributed by atoms with Gasteiger partial charge in [-0.25, -0.2) is 0 Å². The highest BCUT2D eigenvalue weighted by Gasteiger charge is 2.42. The number of hydrogen-bond acceptors (Lipinski definition) is 4. The van der Waals surface area contributed by atoms with Gasteiger partial charge in [0.1, 0.15) is 0 Å². The number of rotatable bonds is 6. The number of carbonyl (C=O) groups is 1. The number of carbonyl (C=O) groups excluding carboxylic acids is 1. The highest BCUT2D eigenvalue weighted by molar-refractivity contribution is 14.0. The van der Waals surface area contributed by atoms with Gasteiger partial charge in [-0.15, -0.1) is 24.0 Å². The Morgan fingerprint density at radius 3 is 2.56 bits per heavy atom. The van der Waals surface area contributed by atoms with Crippen LogP contribution in [0.1, 0.15) is 44.1 Å². The molecule has 0 aliphatic heterocycles.